The lowest BCUT2D eigenvalue weighted by Crippen LogP contribution is -2.38. The lowest BCUT2D eigenvalue weighted by atomic mass is 9.87. The second-order valence-corrected chi connectivity index (χ2v) is 7.30. The summed E-state index contributed by atoms with van der Waals surface area (Å²) in [4.78, 5) is 14.9. The number of nitriles is 1. The largest absolute Gasteiger partial charge is 0.395 e. The van der Waals surface area contributed by atoms with E-state index in [0.29, 0.717) is 19.4 Å². The fraction of sp³-hybridized carbons (Fsp3) is 0.600. The van der Waals surface area contributed by atoms with Crippen LogP contribution in [0.4, 0.5) is 0 Å². The maximum atomic E-state index is 12.5. The molecule has 2 fully saturated rings. The Hall–Kier alpha value is -1.90. The summed E-state index contributed by atoms with van der Waals surface area (Å²) in [6.07, 6.45) is 5.41. The third kappa shape index (κ3) is 3.86. The van der Waals surface area contributed by atoms with E-state index in [4.69, 9.17) is 0 Å². The summed E-state index contributed by atoms with van der Waals surface area (Å²) in [6.45, 7) is 2.45. The van der Waals surface area contributed by atoms with Crippen LogP contribution in [-0.2, 0) is 17.9 Å². The van der Waals surface area contributed by atoms with Crippen LogP contribution in [0, 0.1) is 16.7 Å². The number of aliphatic hydroxyl groups is 1. The molecule has 25 heavy (non-hydrogen) atoms. The van der Waals surface area contributed by atoms with Gasteiger partial charge in [-0.1, -0.05) is 37.1 Å². The molecule has 1 aromatic carbocycles. The highest BCUT2D eigenvalue weighted by molar-refractivity contribution is 5.85. The molecule has 0 bridgehead atoms. The number of likely N-dealkylation sites (tertiary alicyclic amines) is 1. The number of carbonyl (C=O) groups excluding carboxylic acids is 1. The summed E-state index contributed by atoms with van der Waals surface area (Å²) in [5, 5.41) is 21.9. The van der Waals surface area contributed by atoms with Gasteiger partial charge in [-0.25, -0.2) is 0 Å². The summed E-state index contributed by atoms with van der Waals surface area (Å²) < 4.78 is 0. The van der Waals surface area contributed by atoms with Crippen molar-refractivity contribution in [3.05, 3.63) is 35.4 Å². The highest BCUT2D eigenvalue weighted by atomic mass is 16.3. The van der Waals surface area contributed by atoms with Gasteiger partial charge >= 0.3 is 0 Å². The molecule has 0 spiro atoms. The smallest absolute Gasteiger partial charge is 0.240 e. The van der Waals surface area contributed by atoms with Crippen LogP contribution in [0.5, 0.6) is 0 Å². The lowest BCUT2D eigenvalue weighted by molar-refractivity contribution is -0.128. The van der Waals surface area contributed by atoms with E-state index in [1.165, 1.54) is 5.56 Å². The first kappa shape index (κ1) is 17.9. The van der Waals surface area contributed by atoms with E-state index in [-0.39, 0.29) is 18.6 Å². The number of hydrogen-bond acceptors (Lipinski definition) is 4. The normalized spacial score (nSPS) is 22.6. The van der Waals surface area contributed by atoms with Crippen LogP contribution in [-0.4, -0.2) is 35.1 Å². The van der Waals surface area contributed by atoms with Crippen LogP contribution in [0.2, 0.25) is 0 Å². The number of nitrogens with one attached hydrogen (secondary N) is 1. The molecule has 2 N–H and O–H groups in total. The molecule has 0 aromatic heterocycles. The number of hydrogen-bond donors (Lipinski definition) is 2. The minimum absolute atomic E-state index is 0.128. The second kappa shape index (κ2) is 7.99. The molecule has 1 heterocycles. The lowest BCUT2D eigenvalue weighted by Gasteiger charge is -2.24. The first-order valence-corrected chi connectivity index (χ1v) is 9.30. The van der Waals surface area contributed by atoms with E-state index >= 15 is 0 Å². The number of aliphatic hydroxyl groups excluding tert-OH is 1. The van der Waals surface area contributed by atoms with Crippen molar-refractivity contribution < 1.29 is 9.90 Å². The monoisotopic (exact) mass is 341 g/mol. The standard InChI is InChI=1S/C20H27N3O2/c21-15-20(9-3-4-10-20)19(25)22-12-16-6-1-2-7-17(16)13-23-11-5-8-18(23)14-24/h1-2,6-7,18,24H,3-5,8-14H2,(H,22,25). The van der Waals surface area contributed by atoms with E-state index < -0.39 is 5.41 Å². The highest BCUT2D eigenvalue weighted by Gasteiger charge is 2.41. The van der Waals surface area contributed by atoms with Crippen LogP contribution in [0.15, 0.2) is 24.3 Å². The fourth-order valence-electron chi connectivity index (χ4n) is 4.13. The molecule has 1 atom stereocenters. The molecule has 2 aliphatic rings. The predicted octanol–water partition coefficient (Wildman–Crippen LogP) is 2.34. The van der Waals surface area contributed by atoms with Crippen molar-refractivity contribution in [3.63, 3.8) is 0 Å². The minimum atomic E-state index is -0.828. The first-order valence-electron chi connectivity index (χ1n) is 9.30. The zero-order chi connectivity index (χ0) is 17.7. The van der Waals surface area contributed by atoms with Crippen molar-refractivity contribution >= 4 is 5.91 Å². The summed E-state index contributed by atoms with van der Waals surface area (Å²) in [5.74, 6) is -0.128. The van der Waals surface area contributed by atoms with Gasteiger partial charge in [0.15, 0.2) is 0 Å². The van der Waals surface area contributed by atoms with Crippen LogP contribution in [0.1, 0.15) is 49.7 Å². The van der Waals surface area contributed by atoms with Crippen molar-refractivity contribution in [2.45, 2.75) is 57.7 Å². The van der Waals surface area contributed by atoms with Crippen molar-refractivity contribution in [2.75, 3.05) is 13.2 Å². The average molecular weight is 341 g/mol. The van der Waals surface area contributed by atoms with Gasteiger partial charge in [0.05, 0.1) is 12.7 Å². The Morgan fingerprint density at radius 1 is 1.28 bits per heavy atom. The maximum absolute atomic E-state index is 12.5. The molecule has 5 heteroatoms. The molecular formula is C20H27N3O2. The van der Waals surface area contributed by atoms with Crippen LogP contribution < -0.4 is 5.32 Å². The van der Waals surface area contributed by atoms with Crippen molar-refractivity contribution in [3.8, 4) is 6.07 Å². The van der Waals surface area contributed by atoms with Crippen molar-refractivity contribution in [1.29, 1.82) is 5.26 Å². The van der Waals surface area contributed by atoms with E-state index in [9.17, 15) is 15.2 Å². The van der Waals surface area contributed by atoms with E-state index in [1.54, 1.807) is 0 Å². The molecule has 0 radical (unpaired) electrons. The Bertz CT molecular complexity index is 647. The molecule has 1 saturated heterocycles. The summed E-state index contributed by atoms with van der Waals surface area (Å²) in [5.41, 5.74) is 1.44. The maximum Gasteiger partial charge on any atom is 0.240 e. The topological polar surface area (TPSA) is 76.4 Å². The number of carbonyl (C=O) groups is 1. The predicted molar refractivity (Wildman–Crippen MR) is 95.3 cm³/mol. The molecule has 3 rings (SSSR count). The third-order valence-electron chi connectivity index (χ3n) is 5.75. The Balaban J connectivity index is 1.65. The fourth-order valence-corrected chi connectivity index (χ4v) is 4.13. The van der Waals surface area contributed by atoms with Crippen LogP contribution in [0.25, 0.3) is 0 Å². The van der Waals surface area contributed by atoms with Gasteiger partial charge < -0.3 is 10.4 Å². The number of nitrogens with zero attached hydrogens (tertiary/aromatic N) is 2. The van der Waals surface area contributed by atoms with Gasteiger partial charge in [0.2, 0.25) is 5.91 Å². The van der Waals surface area contributed by atoms with Gasteiger partial charge in [-0.15, -0.1) is 0 Å². The van der Waals surface area contributed by atoms with Crippen molar-refractivity contribution in [1.82, 2.24) is 10.2 Å². The number of benzene rings is 1. The zero-order valence-corrected chi connectivity index (χ0v) is 14.7. The van der Waals surface area contributed by atoms with E-state index in [2.05, 4.69) is 22.4 Å². The number of amides is 1. The van der Waals surface area contributed by atoms with Gasteiger partial charge in [0.1, 0.15) is 5.41 Å². The molecule has 1 amide bonds. The Morgan fingerprint density at radius 3 is 2.68 bits per heavy atom. The second-order valence-electron chi connectivity index (χ2n) is 7.30. The van der Waals surface area contributed by atoms with Gasteiger partial charge in [-0.2, -0.15) is 5.26 Å². The molecule has 1 aliphatic carbocycles. The average Bonchev–Trinajstić information content (AvgIpc) is 3.30. The third-order valence-corrected chi connectivity index (χ3v) is 5.75. The summed E-state index contributed by atoms with van der Waals surface area (Å²) in [7, 11) is 0. The van der Waals surface area contributed by atoms with Gasteiger partial charge in [0, 0.05) is 19.1 Å². The SMILES string of the molecule is N#CC1(C(=O)NCc2ccccc2CN2CCCC2CO)CCCC1. The number of rotatable bonds is 6. The molecule has 1 saturated carbocycles. The molecule has 1 aromatic rings. The molecule has 5 nitrogen and oxygen atoms in total. The zero-order valence-electron chi connectivity index (χ0n) is 14.7. The summed E-state index contributed by atoms with van der Waals surface area (Å²) in [6, 6.07) is 10.6. The first-order chi connectivity index (χ1) is 12.2. The van der Waals surface area contributed by atoms with Gasteiger partial charge in [-0.3, -0.25) is 9.69 Å². The van der Waals surface area contributed by atoms with E-state index in [1.807, 2.05) is 18.2 Å². The Labute approximate surface area is 149 Å². The quantitative estimate of drug-likeness (QED) is 0.833. The molecule has 1 unspecified atom stereocenters. The van der Waals surface area contributed by atoms with Gasteiger partial charge in [0.25, 0.3) is 0 Å². The minimum Gasteiger partial charge on any atom is -0.395 e. The molecule has 1 aliphatic heterocycles. The Kier molecular flexibility index (Phi) is 5.72. The molecular weight excluding hydrogens is 314 g/mol. The van der Waals surface area contributed by atoms with Crippen LogP contribution in [0.3, 0.4) is 0 Å². The molecule has 134 valence electrons. The van der Waals surface area contributed by atoms with Crippen LogP contribution >= 0.6 is 0 Å². The van der Waals surface area contributed by atoms with Gasteiger partial charge in [-0.05, 0) is 43.4 Å². The van der Waals surface area contributed by atoms with E-state index in [0.717, 1.165) is 44.3 Å². The Morgan fingerprint density at radius 2 is 2.00 bits per heavy atom. The van der Waals surface area contributed by atoms with Crippen molar-refractivity contribution in [2.24, 2.45) is 5.41 Å². The highest BCUT2D eigenvalue weighted by Crippen LogP contribution is 2.37. The summed E-state index contributed by atoms with van der Waals surface area (Å²) >= 11 is 0.